The monoisotopic (exact) mass is 355 g/mol. The van der Waals surface area contributed by atoms with Crippen LogP contribution in [-0.2, 0) is 4.79 Å². The van der Waals surface area contributed by atoms with Gasteiger partial charge in [-0.1, -0.05) is 6.07 Å². The number of anilines is 1. The molecule has 0 aliphatic carbocycles. The Morgan fingerprint density at radius 3 is 2.46 bits per heavy atom. The summed E-state index contributed by atoms with van der Waals surface area (Å²) in [7, 11) is 1.59. The molecule has 0 fully saturated rings. The third kappa shape index (κ3) is 5.84. The lowest BCUT2D eigenvalue weighted by Crippen LogP contribution is -2.08. The molecule has 0 saturated carbocycles. The number of ether oxygens (including phenoxy) is 3. The van der Waals surface area contributed by atoms with Crippen molar-refractivity contribution >= 4 is 17.7 Å². The second kappa shape index (κ2) is 9.51. The van der Waals surface area contributed by atoms with Crippen LogP contribution >= 0.6 is 0 Å². The molecule has 1 N–H and O–H groups in total. The maximum Gasteiger partial charge on any atom is 0.248 e. The lowest BCUT2D eigenvalue weighted by molar-refractivity contribution is -0.111. The van der Waals surface area contributed by atoms with Gasteiger partial charge in [0.2, 0.25) is 5.91 Å². The summed E-state index contributed by atoms with van der Waals surface area (Å²) in [4.78, 5) is 12.1. The van der Waals surface area contributed by atoms with Crippen molar-refractivity contribution in [3.05, 3.63) is 54.1 Å². The third-order valence-electron chi connectivity index (χ3n) is 3.41. The minimum absolute atomic E-state index is 0.115. The molecule has 5 heteroatoms. The molecular weight excluding hydrogens is 330 g/mol. The number of benzene rings is 2. The van der Waals surface area contributed by atoms with Gasteiger partial charge in [-0.05, 0) is 68.8 Å². The Balaban J connectivity index is 1.98. The highest BCUT2D eigenvalue weighted by Gasteiger charge is 2.05. The van der Waals surface area contributed by atoms with Crippen LogP contribution in [0, 0.1) is 0 Å². The summed E-state index contributed by atoms with van der Waals surface area (Å²) in [5.41, 5.74) is 1.56. The molecule has 0 aliphatic heterocycles. The normalized spacial score (nSPS) is 10.8. The molecule has 0 bridgehead atoms. The molecule has 26 heavy (non-hydrogen) atoms. The Bertz CT molecular complexity index is 751. The lowest BCUT2D eigenvalue weighted by atomic mass is 10.2. The lowest BCUT2D eigenvalue weighted by Gasteiger charge is -2.10. The van der Waals surface area contributed by atoms with E-state index in [1.165, 1.54) is 6.08 Å². The first-order valence-electron chi connectivity index (χ1n) is 8.58. The van der Waals surface area contributed by atoms with Gasteiger partial charge >= 0.3 is 0 Å². The SMILES string of the molecule is CCOc1ccc(/C=C/C(=O)Nc2ccc(OC(C)C)cc2)cc1OC. The van der Waals surface area contributed by atoms with E-state index in [9.17, 15) is 4.79 Å². The van der Waals surface area contributed by atoms with Gasteiger partial charge in [-0.15, -0.1) is 0 Å². The van der Waals surface area contributed by atoms with E-state index < -0.39 is 0 Å². The van der Waals surface area contributed by atoms with Gasteiger partial charge in [0.05, 0.1) is 19.8 Å². The number of carbonyl (C=O) groups excluding carboxylic acids is 1. The standard InChI is InChI=1S/C21H25NO4/c1-5-25-19-12-6-16(14-20(19)24-4)7-13-21(23)22-17-8-10-18(11-9-17)26-15(2)3/h6-15H,5H2,1-4H3,(H,22,23)/b13-7+. The Morgan fingerprint density at radius 2 is 1.85 bits per heavy atom. The van der Waals surface area contributed by atoms with Gasteiger partial charge < -0.3 is 19.5 Å². The van der Waals surface area contributed by atoms with Crippen LogP contribution in [0.1, 0.15) is 26.3 Å². The molecule has 0 aromatic heterocycles. The van der Waals surface area contributed by atoms with Crippen LogP contribution in [0.4, 0.5) is 5.69 Å². The van der Waals surface area contributed by atoms with Gasteiger partial charge in [0.25, 0.3) is 0 Å². The fourth-order valence-corrected chi connectivity index (χ4v) is 2.31. The average molecular weight is 355 g/mol. The molecule has 2 aromatic rings. The topological polar surface area (TPSA) is 56.8 Å². The molecule has 2 rings (SSSR count). The zero-order valence-corrected chi connectivity index (χ0v) is 15.6. The van der Waals surface area contributed by atoms with Gasteiger partial charge in [0.1, 0.15) is 5.75 Å². The summed E-state index contributed by atoms with van der Waals surface area (Å²) in [5, 5.41) is 2.82. The van der Waals surface area contributed by atoms with E-state index in [4.69, 9.17) is 14.2 Å². The quantitative estimate of drug-likeness (QED) is 0.707. The van der Waals surface area contributed by atoms with Gasteiger partial charge in [0, 0.05) is 11.8 Å². The van der Waals surface area contributed by atoms with Crippen molar-refractivity contribution in [2.45, 2.75) is 26.9 Å². The second-order valence-electron chi connectivity index (χ2n) is 5.86. The van der Waals surface area contributed by atoms with Crippen LogP contribution in [0.5, 0.6) is 17.2 Å². The van der Waals surface area contributed by atoms with E-state index in [0.717, 1.165) is 11.3 Å². The molecule has 0 unspecified atom stereocenters. The van der Waals surface area contributed by atoms with Gasteiger partial charge in [-0.2, -0.15) is 0 Å². The molecule has 138 valence electrons. The number of rotatable bonds is 8. The second-order valence-corrected chi connectivity index (χ2v) is 5.86. The number of amides is 1. The predicted molar refractivity (Wildman–Crippen MR) is 104 cm³/mol. The van der Waals surface area contributed by atoms with Crippen LogP contribution in [0.3, 0.4) is 0 Å². The number of hydrogen-bond donors (Lipinski definition) is 1. The van der Waals surface area contributed by atoms with Gasteiger partial charge in [-0.3, -0.25) is 4.79 Å². The molecule has 0 aliphatic rings. The zero-order valence-electron chi connectivity index (χ0n) is 15.6. The summed E-state index contributed by atoms with van der Waals surface area (Å²) >= 11 is 0. The molecule has 2 aromatic carbocycles. The summed E-state index contributed by atoms with van der Waals surface area (Å²) in [6, 6.07) is 12.8. The highest BCUT2D eigenvalue weighted by atomic mass is 16.5. The van der Waals surface area contributed by atoms with Crippen LogP contribution < -0.4 is 19.5 Å². The minimum atomic E-state index is -0.213. The number of carbonyl (C=O) groups is 1. The van der Waals surface area contributed by atoms with Crippen molar-refractivity contribution in [1.29, 1.82) is 0 Å². The van der Waals surface area contributed by atoms with Crippen molar-refractivity contribution in [3.63, 3.8) is 0 Å². The molecule has 0 heterocycles. The van der Waals surface area contributed by atoms with Crippen LogP contribution in [0.25, 0.3) is 6.08 Å². The molecule has 0 spiro atoms. The van der Waals surface area contributed by atoms with Crippen molar-refractivity contribution in [3.8, 4) is 17.2 Å². The Labute approximate surface area is 154 Å². The first-order valence-corrected chi connectivity index (χ1v) is 8.58. The first-order chi connectivity index (χ1) is 12.5. The zero-order chi connectivity index (χ0) is 18.9. The largest absolute Gasteiger partial charge is 0.493 e. The highest BCUT2D eigenvalue weighted by Crippen LogP contribution is 2.28. The van der Waals surface area contributed by atoms with Crippen molar-refractivity contribution < 1.29 is 19.0 Å². The summed E-state index contributed by atoms with van der Waals surface area (Å²) < 4.78 is 16.4. The van der Waals surface area contributed by atoms with E-state index in [-0.39, 0.29) is 12.0 Å². The first kappa shape index (κ1) is 19.4. The maximum absolute atomic E-state index is 12.1. The Morgan fingerprint density at radius 1 is 1.12 bits per heavy atom. The van der Waals surface area contributed by atoms with Gasteiger partial charge in [-0.25, -0.2) is 0 Å². The summed E-state index contributed by atoms with van der Waals surface area (Å²) in [5.74, 6) is 1.88. The highest BCUT2D eigenvalue weighted by molar-refractivity contribution is 6.01. The molecular formula is C21H25NO4. The van der Waals surface area contributed by atoms with Crippen molar-refractivity contribution in [2.75, 3.05) is 19.0 Å². The summed E-state index contributed by atoms with van der Waals surface area (Å²) in [6.07, 6.45) is 3.32. The van der Waals surface area contributed by atoms with Crippen LogP contribution in [0.15, 0.2) is 48.5 Å². The number of nitrogens with one attached hydrogen (secondary N) is 1. The maximum atomic E-state index is 12.1. The Hall–Kier alpha value is -2.95. The van der Waals surface area contributed by atoms with E-state index in [1.54, 1.807) is 13.2 Å². The molecule has 1 amide bonds. The fraction of sp³-hybridized carbons (Fsp3) is 0.286. The van der Waals surface area contributed by atoms with E-state index in [1.807, 2.05) is 63.2 Å². The van der Waals surface area contributed by atoms with Crippen molar-refractivity contribution in [2.24, 2.45) is 0 Å². The van der Waals surface area contributed by atoms with Crippen LogP contribution in [0.2, 0.25) is 0 Å². The minimum Gasteiger partial charge on any atom is -0.493 e. The van der Waals surface area contributed by atoms with Crippen LogP contribution in [-0.4, -0.2) is 25.7 Å². The number of hydrogen-bond acceptors (Lipinski definition) is 4. The van der Waals surface area contributed by atoms with Crippen molar-refractivity contribution in [1.82, 2.24) is 0 Å². The molecule has 0 atom stereocenters. The third-order valence-corrected chi connectivity index (χ3v) is 3.41. The Kier molecular flexibility index (Phi) is 7.09. The smallest absolute Gasteiger partial charge is 0.248 e. The number of methoxy groups -OCH3 is 1. The van der Waals surface area contributed by atoms with Gasteiger partial charge in [0.15, 0.2) is 11.5 Å². The average Bonchev–Trinajstić information content (AvgIpc) is 2.62. The molecule has 0 radical (unpaired) electrons. The summed E-state index contributed by atoms with van der Waals surface area (Å²) in [6.45, 7) is 6.42. The van der Waals surface area contributed by atoms with E-state index >= 15 is 0 Å². The van der Waals surface area contributed by atoms with E-state index in [0.29, 0.717) is 23.8 Å². The predicted octanol–water partition coefficient (Wildman–Crippen LogP) is 4.53. The fourth-order valence-electron chi connectivity index (χ4n) is 2.31. The molecule has 0 saturated heterocycles. The molecule has 5 nitrogen and oxygen atoms in total. The van der Waals surface area contributed by atoms with E-state index in [2.05, 4.69) is 5.32 Å².